The van der Waals surface area contributed by atoms with Crippen molar-refractivity contribution in [2.24, 2.45) is 0 Å². The van der Waals surface area contributed by atoms with Gasteiger partial charge in [-0.25, -0.2) is 4.79 Å². The van der Waals surface area contributed by atoms with Crippen molar-refractivity contribution < 1.29 is 27.4 Å². The number of rotatable bonds is 2. The van der Waals surface area contributed by atoms with Crippen molar-refractivity contribution in [3.8, 4) is 17.6 Å². The van der Waals surface area contributed by atoms with Crippen molar-refractivity contribution in [2.75, 3.05) is 13.7 Å². The number of hydrogen-bond acceptors (Lipinski definition) is 3. The first-order valence-corrected chi connectivity index (χ1v) is 5.32. The summed E-state index contributed by atoms with van der Waals surface area (Å²) >= 11 is 0. The predicted octanol–water partition coefficient (Wildman–Crippen LogP) is 2.63. The van der Waals surface area contributed by atoms with E-state index in [-0.39, 0.29) is 17.9 Å². The summed E-state index contributed by atoms with van der Waals surface area (Å²) in [5, 5.41) is 0. The first-order chi connectivity index (χ1) is 8.88. The van der Waals surface area contributed by atoms with E-state index in [1.54, 1.807) is 6.92 Å². The molecule has 0 aliphatic rings. The molecule has 1 aromatic carbocycles. The second-order valence-electron chi connectivity index (χ2n) is 3.38. The van der Waals surface area contributed by atoms with Crippen LogP contribution >= 0.6 is 0 Å². The third-order valence-electron chi connectivity index (χ3n) is 2.09. The lowest BCUT2D eigenvalue weighted by atomic mass is 10.1. The van der Waals surface area contributed by atoms with E-state index in [1.165, 1.54) is 6.07 Å². The topological polar surface area (TPSA) is 35.5 Å². The minimum Gasteiger partial charge on any atom is -0.496 e. The fraction of sp³-hybridized carbons (Fsp3) is 0.308. The van der Waals surface area contributed by atoms with Crippen molar-refractivity contribution in [3.63, 3.8) is 0 Å². The summed E-state index contributed by atoms with van der Waals surface area (Å²) in [5.41, 5.74) is -0.883. The Bertz CT molecular complexity index is 524. The minimum absolute atomic E-state index is 0.0566. The molecule has 0 heterocycles. The SMILES string of the molecule is CCOC(=O)C#Cc1ccc(OC)c(C(F)(F)F)c1. The van der Waals surface area contributed by atoms with Gasteiger partial charge in [0.2, 0.25) is 0 Å². The Morgan fingerprint density at radius 1 is 1.37 bits per heavy atom. The number of hydrogen-bond donors (Lipinski definition) is 0. The van der Waals surface area contributed by atoms with Crippen LogP contribution in [0.15, 0.2) is 18.2 Å². The molecule has 0 spiro atoms. The van der Waals surface area contributed by atoms with Crippen LogP contribution in [0, 0.1) is 11.8 Å². The van der Waals surface area contributed by atoms with Gasteiger partial charge in [0.25, 0.3) is 0 Å². The Labute approximate surface area is 108 Å². The van der Waals surface area contributed by atoms with Gasteiger partial charge in [0.05, 0.1) is 19.3 Å². The minimum atomic E-state index is -4.55. The lowest BCUT2D eigenvalue weighted by Crippen LogP contribution is -2.07. The molecule has 0 saturated heterocycles. The van der Waals surface area contributed by atoms with Crippen molar-refractivity contribution in [1.82, 2.24) is 0 Å². The largest absolute Gasteiger partial charge is 0.496 e. The predicted molar refractivity (Wildman–Crippen MR) is 61.5 cm³/mol. The molecule has 0 unspecified atom stereocenters. The standard InChI is InChI=1S/C13H11F3O3/c1-3-19-12(17)7-5-9-4-6-11(18-2)10(8-9)13(14,15)16/h4,6,8H,3H2,1-2H3. The molecule has 19 heavy (non-hydrogen) atoms. The van der Waals surface area contributed by atoms with Gasteiger partial charge in [-0.05, 0) is 25.1 Å². The molecule has 0 saturated carbocycles. The van der Waals surface area contributed by atoms with Gasteiger partial charge in [0.1, 0.15) is 5.75 Å². The highest BCUT2D eigenvalue weighted by atomic mass is 19.4. The lowest BCUT2D eigenvalue weighted by molar-refractivity contribution is -0.139. The molecule has 0 amide bonds. The van der Waals surface area contributed by atoms with Crippen LogP contribution in [0.5, 0.6) is 5.75 Å². The quantitative estimate of drug-likeness (QED) is 0.613. The maximum absolute atomic E-state index is 12.7. The monoisotopic (exact) mass is 272 g/mol. The second-order valence-corrected chi connectivity index (χ2v) is 3.38. The molecule has 1 rings (SSSR count). The summed E-state index contributed by atoms with van der Waals surface area (Å²) in [6.45, 7) is 1.76. The molecule has 102 valence electrons. The molecule has 0 aliphatic heterocycles. The van der Waals surface area contributed by atoms with E-state index in [0.29, 0.717) is 0 Å². The Hall–Kier alpha value is -2.16. The van der Waals surface area contributed by atoms with Gasteiger partial charge >= 0.3 is 12.1 Å². The zero-order chi connectivity index (χ0) is 14.5. The van der Waals surface area contributed by atoms with Gasteiger partial charge in [-0.2, -0.15) is 13.2 Å². The summed E-state index contributed by atoms with van der Waals surface area (Å²) in [6, 6.07) is 3.31. The van der Waals surface area contributed by atoms with Crippen LogP contribution in [0.4, 0.5) is 13.2 Å². The van der Waals surface area contributed by atoms with E-state index in [1.807, 2.05) is 0 Å². The first kappa shape index (κ1) is 14.9. The van der Waals surface area contributed by atoms with Gasteiger partial charge in [-0.3, -0.25) is 0 Å². The van der Waals surface area contributed by atoms with Crippen LogP contribution in [0.3, 0.4) is 0 Å². The molecule has 0 aliphatic carbocycles. The third-order valence-corrected chi connectivity index (χ3v) is 2.09. The number of esters is 1. The number of ether oxygens (including phenoxy) is 2. The third kappa shape index (κ3) is 4.21. The molecule has 1 aromatic rings. The molecular weight excluding hydrogens is 261 g/mol. The highest BCUT2D eigenvalue weighted by Gasteiger charge is 2.34. The van der Waals surface area contributed by atoms with Crippen LogP contribution in [-0.2, 0) is 15.7 Å². The van der Waals surface area contributed by atoms with Gasteiger partial charge < -0.3 is 9.47 Å². The molecule has 3 nitrogen and oxygen atoms in total. The fourth-order valence-electron chi connectivity index (χ4n) is 1.30. The Morgan fingerprint density at radius 2 is 2.05 bits per heavy atom. The smallest absolute Gasteiger partial charge is 0.420 e. The normalized spacial score (nSPS) is 10.4. The number of carbonyl (C=O) groups excluding carboxylic acids is 1. The Kier molecular flexibility index (Phi) is 4.81. The van der Waals surface area contributed by atoms with Crippen LogP contribution in [0.1, 0.15) is 18.1 Å². The average molecular weight is 272 g/mol. The molecule has 6 heteroatoms. The molecule has 0 atom stereocenters. The van der Waals surface area contributed by atoms with Crippen molar-refractivity contribution in [1.29, 1.82) is 0 Å². The van der Waals surface area contributed by atoms with E-state index in [4.69, 9.17) is 0 Å². The highest BCUT2D eigenvalue weighted by Crippen LogP contribution is 2.36. The summed E-state index contributed by atoms with van der Waals surface area (Å²) < 4.78 is 47.3. The molecule has 0 aromatic heterocycles. The number of carbonyl (C=O) groups is 1. The van der Waals surface area contributed by atoms with Crippen molar-refractivity contribution >= 4 is 5.97 Å². The number of methoxy groups -OCH3 is 1. The van der Waals surface area contributed by atoms with Crippen LogP contribution in [0.2, 0.25) is 0 Å². The van der Waals surface area contributed by atoms with Gasteiger partial charge in [0.15, 0.2) is 0 Å². The zero-order valence-electron chi connectivity index (χ0n) is 10.3. The molecular formula is C13H11F3O3. The Morgan fingerprint density at radius 3 is 2.58 bits per heavy atom. The maximum atomic E-state index is 12.7. The summed E-state index contributed by atoms with van der Waals surface area (Å²) in [4.78, 5) is 11.0. The zero-order valence-corrected chi connectivity index (χ0v) is 10.3. The summed E-state index contributed by atoms with van der Waals surface area (Å²) in [5.74, 6) is 3.33. The van der Waals surface area contributed by atoms with Crippen molar-refractivity contribution in [2.45, 2.75) is 13.1 Å². The molecule has 0 bridgehead atoms. The summed E-state index contributed by atoms with van der Waals surface area (Å²) in [6.07, 6.45) is -4.55. The van der Waals surface area contributed by atoms with Gasteiger partial charge in [-0.1, -0.05) is 5.92 Å². The van der Waals surface area contributed by atoms with Gasteiger partial charge in [0, 0.05) is 11.5 Å². The second kappa shape index (κ2) is 6.14. The summed E-state index contributed by atoms with van der Waals surface area (Å²) in [7, 11) is 1.15. The number of benzene rings is 1. The van der Waals surface area contributed by atoms with E-state index >= 15 is 0 Å². The van der Waals surface area contributed by atoms with E-state index in [9.17, 15) is 18.0 Å². The molecule has 0 radical (unpaired) electrons. The Balaban J connectivity index is 3.09. The fourth-order valence-corrected chi connectivity index (χ4v) is 1.30. The highest BCUT2D eigenvalue weighted by molar-refractivity contribution is 5.89. The van der Waals surface area contributed by atoms with Gasteiger partial charge in [-0.15, -0.1) is 0 Å². The van der Waals surface area contributed by atoms with Crippen molar-refractivity contribution in [3.05, 3.63) is 29.3 Å². The van der Waals surface area contributed by atoms with Crippen LogP contribution in [0.25, 0.3) is 0 Å². The van der Waals surface area contributed by atoms with E-state index < -0.39 is 17.7 Å². The number of alkyl halides is 3. The molecule has 0 N–H and O–H groups in total. The average Bonchev–Trinajstić information content (AvgIpc) is 2.35. The first-order valence-electron chi connectivity index (χ1n) is 5.32. The maximum Gasteiger partial charge on any atom is 0.420 e. The van der Waals surface area contributed by atoms with E-state index in [0.717, 1.165) is 19.2 Å². The molecule has 0 fully saturated rings. The van der Waals surface area contributed by atoms with E-state index in [2.05, 4.69) is 21.3 Å². The lowest BCUT2D eigenvalue weighted by Gasteiger charge is -2.11. The van der Waals surface area contributed by atoms with Crippen LogP contribution in [-0.4, -0.2) is 19.7 Å². The number of halogens is 3. The van der Waals surface area contributed by atoms with Crippen LogP contribution < -0.4 is 4.74 Å².